The lowest BCUT2D eigenvalue weighted by atomic mass is 9.78. The molecule has 0 amide bonds. The van der Waals surface area contributed by atoms with Crippen molar-refractivity contribution in [2.24, 2.45) is 0 Å². The van der Waals surface area contributed by atoms with E-state index < -0.39 is 29.9 Å². The van der Waals surface area contributed by atoms with Crippen molar-refractivity contribution in [3.05, 3.63) is 119 Å². The number of aromatic nitrogens is 4. The minimum atomic E-state index is -3.74. The van der Waals surface area contributed by atoms with Crippen LogP contribution in [0.25, 0.3) is 11.4 Å². The van der Waals surface area contributed by atoms with Crippen LogP contribution in [0.15, 0.2) is 90.7 Å². The number of halogens is 4. The lowest BCUT2D eigenvalue weighted by Gasteiger charge is -2.42. The summed E-state index contributed by atoms with van der Waals surface area (Å²) >= 11 is 0. The molecule has 2 atom stereocenters. The summed E-state index contributed by atoms with van der Waals surface area (Å²) in [5.41, 5.74) is 0.115. The van der Waals surface area contributed by atoms with Gasteiger partial charge in [-0.3, -0.25) is 0 Å². The van der Waals surface area contributed by atoms with Gasteiger partial charge in [-0.2, -0.15) is 0 Å². The Bertz CT molecular complexity index is 1720. The van der Waals surface area contributed by atoms with Crippen LogP contribution in [0.2, 0.25) is 0 Å². The molecule has 4 aromatic rings. The van der Waals surface area contributed by atoms with Gasteiger partial charge in [0, 0.05) is 40.7 Å². The zero-order chi connectivity index (χ0) is 28.6. The van der Waals surface area contributed by atoms with E-state index in [9.17, 15) is 13.9 Å². The molecule has 2 aliphatic rings. The maximum absolute atomic E-state index is 15.9. The minimum Gasteiger partial charge on any atom is -0.381 e. The second-order valence-electron chi connectivity index (χ2n) is 9.74. The largest absolute Gasteiger partial charge is 0.381 e. The average Bonchev–Trinajstić information content (AvgIpc) is 3.45. The number of tetrazole rings is 1. The Morgan fingerprint density at radius 3 is 2.51 bits per heavy atom. The van der Waals surface area contributed by atoms with Crippen molar-refractivity contribution in [3.8, 4) is 23.2 Å². The van der Waals surface area contributed by atoms with Crippen molar-refractivity contribution in [2.75, 3.05) is 5.32 Å². The Morgan fingerprint density at radius 1 is 1.02 bits per heavy atom. The van der Waals surface area contributed by atoms with Gasteiger partial charge >= 0.3 is 5.92 Å². The Morgan fingerprint density at radius 2 is 1.78 bits per heavy atom. The van der Waals surface area contributed by atoms with E-state index in [1.54, 1.807) is 12.1 Å². The van der Waals surface area contributed by atoms with E-state index in [2.05, 4.69) is 38.0 Å². The van der Waals surface area contributed by atoms with E-state index in [0.717, 1.165) is 39.7 Å². The number of dihydropyridines is 1. The quantitative estimate of drug-likeness (QED) is 0.247. The predicted octanol–water partition coefficient (Wildman–Crippen LogP) is 4.53. The molecule has 3 heterocycles. The van der Waals surface area contributed by atoms with Gasteiger partial charge in [-0.05, 0) is 70.6 Å². The smallest absolute Gasteiger partial charge is 0.305 e. The van der Waals surface area contributed by atoms with Gasteiger partial charge in [-0.15, -0.1) is 5.10 Å². The number of fused-ring (bicyclic) bond motifs is 3. The second kappa shape index (κ2) is 10.2. The average molecular weight is 559 g/mol. The second-order valence-corrected chi connectivity index (χ2v) is 9.74. The van der Waals surface area contributed by atoms with E-state index in [1.165, 1.54) is 30.5 Å². The normalized spacial score (nSPS) is 19.2. The van der Waals surface area contributed by atoms with Gasteiger partial charge in [0.05, 0.1) is 6.54 Å². The molecule has 3 aromatic carbocycles. The van der Waals surface area contributed by atoms with Crippen molar-refractivity contribution in [1.82, 2.24) is 25.5 Å². The van der Waals surface area contributed by atoms with Crippen LogP contribution in [0.3, 0.4) is 0 Å². The van der Waals surface area contributed by atoms with Crippen LogP contribution < -0.4 is 10.6 Å². The molecule has 0 radical (unpaired) electrons. The highest BCUT2D eigenvalue weighted by molar-refractivity contribution is 5.64. The maximum Gasteiger partial charge on any atom is 0.305 e. The van der Waals surface area contributed by atoms with Crippen molar-refractivity contribution in [2.45, 2.75) is 30.7 Å². The van der Waals surface area contributed by atoms with E-state index >= 15 is 8.78 Å². The molecule has 0 spiro atoms. The molecule has 0 aliphatic carbocycles. The highest BCUT2D eigenvalue weighted by Gasteiger charge is 2.61. The predicted molar refractivity (Wildman–Crippen MR) is 143 cm³/mol. The van der Waals surface area contributed by atoms with Gasteiger partial charge in [0.25, 0.3) is 0 Å². The first-order valence-corrected chi connectivity index (χ1v) is 12.6. The SMILES string of the molecule is OC1(C(F)(F)C2C=CC(C#Cc3ccc(NCc4ccc(F)cc4)cc3)=CN2)Cn2nnnc2-c2cc(F)ccc21. The molecule has 2 unspecified atom stereocenters. The van der Waals surface area contributed by atoms with Crippen molar-refractivity contribution >= 4 is 5.69 Å². The zero-order valence-electron chi connectivity index (χ0n) is 21.3. The van der Waals surface area contributed by atoms with E-state index in [0.29, 0.717) is 12.1 Å². The molecule has 2 aliphatic heterocycles. The summed E-state index contributed by atoms with van der Waals surface area (Å²) in [7, 11) is 0. The molecule has 0 bridgehead atoms. The highest BCUT2D eigenvalue weighted by Crippen LogP contribution is 2.48. The summed E-state index contributed by atoms with van der Waals surface area (Å²) < 4.78 is 59.9. The van der Waals surface area contributed by atoms with Crippen LogP contribution in [0.1, 0.15) is 16.7 Å². The number of rotatable bonds is 5. The number of anilines is 1. The first-order chi connectivity index (χ1) is 19.7. The molecule has 1 aromatic heterocycles. The van der Waals surface area contributed by atoms with Crippen molar-refractivity contribution in [1.29, 1.82) is 0 Å². The third-order valence-electron chi connectivity index (χ3n) is 7.05. The van der Waals surface area contributed by atoms with Crippen molar-refractivity contribution < 1.29 is 22.7 Å². The summed E-state index contributed by atoms with van der Waals surface area (Å²) in [4.78, 5) is 0. The Kier molecular flexibility index (Phi) is 6.55. The van der Waals surface area contributed by atoms with Crippen molar-refractivity contribution in [3.63, 3.8) is 0 Å². The summed E-state index contributed by atoms with van der Waals surface area (Å²) in [6.07, 6.45) is 4.06. The molecule has 206 valence electrons. The molecule has 6 rings (SSSR count). The molecule has 7 nitrogen and oxygen atoms in total. The molecule has 11 heteroatoms. The van der Waals surface area contributed by atoms with Crippen LogP contribution in [0.4, 0.5) is 23.2 Å². The lowest BCUT2D eigenvalue weighted by molar-refractivity contribution is -0.205. The summed E-state index contributed by atoms with van der Waals surface area (Å²) in [5, 5.41) is 28.3. The van der Waals surface area contributed by atoms with Crippen LogP contribution in [0.5, 0.6) is 0 Å². The molecular weight excluding hydrogens is 536 g/mol. The summed E-state index contributed by atoms with van der Waals surface area (Å²) in [6, 6.07) is 15.2. The van der Waals surface area contributed by atoms with Gasteiger partial charge in [-0.25, -0.2) is 22.2 Å². The fraction of sp³-hybridized carbons (Fsp3) is 0.167. The number of nitrogens with one attached hydrogen (secondary N) is 2. The first kappa shape index (κ1) is 26.3. The third-order valence-corrected chi connectivity index (χ3v) is 7.05. The van der Waals surface area contributed by atoms with Crippen LogP contribution in [0, 0.1) is 23.5 Å². The number of hydrogen-bond donors (Lipinski definition) is 3. The molecule has 41 heavy (non-hydrogen) atoms. The van der Waals surface area contributed by atoms with E-state index in [4.69, 9.17) is 0 Å². The van der Waals surface area contributed by atoms with E-state index in [1.807, 2.05) is 24.3 Å². The number of benzene rings is 3. The summed E-state index contributed by atoms with van der Waals surface area (Å²) in [5.74, 6) is 1.34. The Balaban J connectivity index is 1.13. The fourth-order valence-electron chi connectivity index (χ4n) is 4.82. The van der Waals surface area contributed by atoms with E-state index in [-0.39, 0.29) is 22.8 Å². The van der Waals surface area contributed by atoms with Gasteiger partial charge in [0.2, 0.25) is 0 Å². The molecule has 3 N–H and O–H groups in total. The molecule has 0 saturated heterocycles. The number of allylic oxidation sites excluding steroid dienone is 2. The fourth-order valence-corrected chi connectivity index (χ4v) is 4.82. The topological polar surface area (TPSA) is 87.9 Å². The third kappa shape index (κ3) is 4.94. The molecular formula is C30H22F4N6O. The molecule has 0 saturated carbocycles. The minimum absolute atomic E-state index is 0.00184. The highest BCUT2D eigenvalue weighted by atomic mass is 19.3. The Labute approximate surface area is 232 Å². The van der Waals surface area contributed by atoms with Gasteiger partial charge in [0.1, 0.15) is 17.7 Å². The first-order valence-electron chi connectivity index (χ1n) is 12.6. The van der Waals surface area contributed by atoms with Crippen LogP contribution >= 0.6 is 0 Å². The maximum atomic E-state index is 15.9. The van der Waals surface area contributed by atoms with Crippen LogP contribution in [-0.2, 0) is 18.7 Å². The molecule has 0 fully saturated rings. The monoisotopic (exact) mass is 558 g/mol. The van der Waals surface area contributed by atoms with Crippen LogP contribution in [-0.4, -0.2) is 37.3 Å². The number of alkyl halides is 2. The standard InChI is InChI=1S/C30H22F4N6O/c31-22-8-3-21(4-9-22)16-35-24-11-5-19(6-12-24)1-2-20-7-14-27(36-17-20)30(33,34)29(41)18-40-28(37-38-39-40)25-15-23(32)10-13-26(25)29/h3-15,17,27,35-36,41H,16,18H2. The number of nitrogens with zero attached hydrogens (tertiary/aromatic N) is 4. The van der Waals surface area contributed by atoms with Gasteiger partial charge < -0.3 is 15.7 Å². The zero-order valence-corrected chi connectivity index (χ0v) is 21.3. The van der Waals surface area contributed by atoms with Gasteiger partial charge in [-0.1, -0.05) is 36.1 Å². The van der Waals surface area contributed by atoms with Gasteiger partial charge in [0.15, 0.2) is 11.4 Å². The Hall–Kier alpha value is -4.95. The number of aliphatic hydroxyl groups is 1. The summed E-state index contributed by atoms with van der Waals surface area (Å²) in [6.45, 7) is -0.0763. The number of hydrogen-bond acceptors (Lipinski definition) is 6. The lowest BCUT2D eigenvalue weighted by Crippen LogP contribution is -2.59.